The third-order valence-electron chi connectivity index (χ3n) is 4.94. The lowest BCUT2D eigenvalue weighted by molar-refractivity contribution is 0.0956. The van der Waals surface area contributed by atoms with Crippen molar-refractivity contribution in [3.05, 3.63) is 69.4 Å². The molecule has 1 aliphatic rings. The Morgan fingerprint density at radius 3 is 2.69 bits per heavy atom. The maximum atomic E-state index is 13.0. The molecule has 1 amide bonds. The molecule has 0 aliphatic heterocycles. The second kappa shape index (κ2) is 6.78. The maximum absolute atomic E-state index is 13.0. The lowest BCUT2D eigenvalue weighted by Gasteiger charge is -2.10. The number of hydrogen-bond donors (Lipinski definition) is 1. The summed E-state index contributed by atoms with van der Waals surface area (Å²) in [5.41, 5.74) is 4.50. The van der Waals surface area contributed by atoms with Crippen molar-refractivity contribution in [2.45, 2.75) is 39.2 Å². The molecule has 0 unspecified atom stereocenters. The van der Waals surface area contributed by atoms with Crippen LogP contribution < -0.4 is 10.9 Å². The molecular weight excluding hydrogens is 328 g/mol. The lowest BCUT2D eigenvalue weighted by Crippen LogP contribution is -2.23. The van der Waals surface area contributed by atoms with Crippen LogP contribution in [0.5, 0.6) is 0 Å². The molecule has 1 N–H and O–H groups in total. The highest BCUT2D eigenvalue weighted by Gasteiger charge is 2.19. The summed E-state index contributed by atoms with van der Waals surface area (Å²) in [7, 11) is 0. The summed E-state index contributed by atoms with van der Waals surface area (Å²) in [5, 5.41) is 7.35. The van der Waals surface area contributed by atoms with E-state index in [9.17, 15) is 9.59 Å². The first-order valence-electron chi connectivity index (χ1n) is 9.14. The van der Waals surface area contributed by atoms with E-state index in [1.807, 2.05) is 25.3 Å². The van der Waals surface area contributed by atoms with Crippen LogP contribution in [0.15, 0.2) is 41.5 Å². The summed E-state index contributed by atoms with van der Waals surface area (Å²) >= 11 is 0. The van der Waals surface area contributed by atoms with Gasteiger partial charge in [0.25, 0.3) is 11.5 Å². The van der Waals surface area contributed by atoms with E-state index >= 15 is 0 Å². The molecule has 0 bridgehead atoms. The first kappa shape index (κ1) is 16.6. The van der Waals surface area contributed by atoms with Crippen molar-refractivity contribution in [3.63, 3.8) is 0 Å². The number of aromatic nitrogens is 3. The number of benzene rings is 1. The predicted octanol–water partition coefficient (Wildman–Crippen LogP) is 2.17. The number of amides is 1. The van der Waals surface area contributed by atoms with Crippen LogP contribution in [0.4, 0.5) is 0 Å². The van der Waals surface area contributed by atoms with Crippen molar-refractivity contribution < 1.29 is 4.79 Å². The normalized spacial score (nSPS) is 13.6. The fraction of sp³-hybridized carbons (Fsp3) is 0.350. The van der Waals surface area contributed by atoms with E-state index in [1.165, 1.54) is 0 Å². The molecule has 4 rings (SSSR count). The summed E-state index contributed by atoms with van der Waals surface area (Å²) in [4.78, 5) is 24.8. The van der Waals surface area contributed by atoms with Crippen molar-refractivity contribution in [1.29, 1.82) is 0 Å². The summed E-state index contributed by atoms with van der Waals surface area (Å²) in [6.45, 7) is 2.97. The second-order valence-corrected chi connectivity index (χ2v) is 6.71. The number of aryl methyl sites for hydroxylation is 2. The number of nitrogens with one attached hydrogen (secondary N) is 1. The highest BCUT2D eigenvalue weighted by Crippen LogP contribution is 2.22. The molecule has 0 atom stereocenters. The molecule has 0 fully saturated rings. The van der Waals surface area contributed by atoms with Crippen molar-refractivity contribution in [3.8, 4) is 0 Å². The average molecular weight is 350 g/mol. The van der Waals surface area contributed by atoms with Gasteiger partial charge in [-0.15, -0.1) is 0 Å². The number of carbonyl (C=O) groups is 1. The molecular formula is C20H22N4O2. The Kier molecular flexibility index (Phi) is 4.32. The zero-order chi connectivity index (χ0) is 18.1. The lowest BCUT2D eigenvalue weighted by atomic mass is 9.97. The van der Waals surface area contributed by atoms with Crippen LogP contribution in [0.2, 0.25) is 0 Å². The van der Waals surface area contributed by atoms with Gasteiger partial charge in [-0.25, -0.2) is 4.52 Å². The van der Waals surface area contributed by atoms with E-state index in [4.69, 9.17) is 0 Å². The van der Waals surface area contributed by atoms with Crippen LogP contribution in [0, 0.1) is 0 Å². The van der Waals surface area contributed by atoms with Gasteiger partial charge in [0, 0.05) is 30.1 Å². The molecule has 134 valence electrons. The molecule has 0 saturated heterocycles. The standard InChI is InChI=1S/C20H22N4O2/c1-2-21-19(25)15-9-7-14(8-10-15)13-23-11-12-24-18(20(23)26)16-5-3-4-6-17(16)22-24/h7-12H,2-6,13H2,1H3,(H,21,25). The van der Waals surface area contributed by atoms with Crippen LogP contribution in [-0.2, 0) is 19.4 Å². The average Bonchev–Trinajstić information content (AvgIpc) is 3.04. The molecule has 3 aromatic rings. The maximum Gasteiger partial charge on any atom is 0.277 e. The molecule has 0 spiro atoms. The summed E-state index contributed by atoms with van der Waals surface area (Å²) in [6, 6.07) is 7.38. The van der Waals surface area contributed by atoms with Gasteiger partial charge in [-0.3, -0.25) is 9.59 Å². The molecule has 6 nitrogen and oxygen atoms in total. The van der Waals surface area contributed by atoms with Crippen molar-refractivity contribution in [1.82, 2.24) is 19.5 Å². The van der Waals surface area contributed by atoms with Crippen LogP contribution in [0.3, 0.4) is 0 Å². The third-order valence-corrected chi connectivity index (χ3v) is 4.94. The van der Waals surface area contributed by atoms with Gasteiger partial charge in [0.15, 0.2) is 0 Å². The highest BCUT2D eigenvalue weighted by atomic mass is 16.1. The van der Waals surface area contributed by atoms with E-state index in [2.05, 4.69) is 10.4 Å². The number of hydrogen-bond acceptors (Lipinski definition) is 3. The van der Waals surface area contributed by atoms with Gasteiger partial charge < -0.3 is 9.88 Å². The fourth-order valence-corrected chi connectivity index (χ4v) is 3.60. The number of fused-ring (bicyclic) bond motifs is 3. The van der Waals surface area contributed by atoms with Crippen LogP contribution in [0.1, 0.15) is 46.9 Å². The Morgan fingerprint density at radius 1 is 1.15 bits per heavy atom. The molecule has 2 aromatic heterocycles. The Morgan fingerprint density at radius 2 is 1.92 bits per heavy atom. The topological polar surface area (TPSA) is 68.4 Å². The van der Waals surface area contributed by atoms with Gasteiger partial charge in [-0.1, -0.05) is 12.1 Å². The smallest absolute Gasteiger partial charge is 0.277 e. The molecule has 26 heavy (non-hydrogen) atoms. The van der Waals surface area contributed by atoms with Gasteiger partial charge in [-0.2, -0.15) is 5.10 Å². The number of carbonyl (C=O) groups excluding carboxylic acids is 1. The van der Waals surface area contributed by atoms with Crippen LogP contribution in [-0.4, -0.2) is 26.6 Å². The highest BCUT2D eigenvalue weighted by molar-refractivity contribution is 5.94. The quantitative estimate of drug-likeness (QED) is 0.784. The van der Waals surface area contributed by atoms with Gasteiger partial charge in [0.1, 0.15) is 5.52 Å². The monoisotopic (exact) mass is 350 g/mol. The zero-order valence-corrected chi connectivity index (χ0v) is 14.9. The SMILES string of the molecule is CCNC(=O)c1ccc(Cn2ccn3nc4c(c3c2=O)CCCC4)cc1. The first-order valence-corrected chi connectivity index (χ1v) is 9.14. The van der Waals surface area contributed by atoms with Crippen LogP contribution >= 0.6 is 0 Å². The Labute approximate surface area is 151 Å². The molecule has 6 heteroatoms. The molecule has 2 heterocycles. The Balaban J connectivity index is 1.64. The molecule has 0 saturated carbocycles. The summed E-state index contributed by atoms with van der Waals surface area (Å²) < 4.78 is 3.44. The summed E-state index contributed by atoms with van der Waals surface area (Å²) in [6.07, 6.45) is 7.79. The van der Waals surface area contributed by atoms with E-state index in [-0.39, 0.29) is 11.5 Å². The minimum Gasteiger partial charge on any atom is -0.352 e. The third kappa shape index (κ3) is 2.92. The van der Waals surface area contributed by atoms with Gasteiger partial charge in [0.2, 0.25) is 0 Å². The van der Waals surface area contributed by atoms with Crippen molar-refractivity contribution >= 4 is 11.4 Å². The van der Waals surface area contributed by atoms with Gasteiger partial charge in [-0.05, 0) is 50.3 Å². The number of nitrogens with zero attached hydrogens (tertiary/aromatic N) is 3. The van der Waals surface area contributed by atoms with Crippen molar-refractivity contribution in [2.24, 2.45) is 0 Å². The minimum atomic E-state index is -0.0801. The predicted molar refractivity (Wildman–Crippen MR) is 99.6 cm³/mol. The van der Waals surface area contributed by atoms with E-state index in [0.717, 1.165) is 42.5 Å². The van der Waals surface area contributed by atoms with Crippen molar-refractivity contribution in [2.75, 3.05) is 6.54 Å². The van der Waals surface area contributed by atoms with E-state index in [0.29, 0.717) is 24.2 Å². The largest absolute Gasteiger partial charge is 0.352 e. The number of rotatable bonds is 4. The molecule has 1 aromatic carbocycles. The van der Waals surface area contributed by atoms with Gasteiger partial charge in [0.05, 0.1) is 12.2 Å². The second-order valence-electron chi connectivity index (χ2n) is 6.71. The Bertz CT molecular complexity index is 1010. The van der Waals surface area contributed by atoms with Gasteiger partial charge >= 0.3 is 0 Å². The Hall–Kier alpha value is -2.89. The molecule has 1 aliphatic carbocycles. The summed E-state index contributed by atoms with van der Waals surface area (Å²) in [5.74, 6) is -0.0801. The minimum absolute atomic E-state index is 0.00375. The first-order chi connectivity index (χ1) is 12.7. The molecule has 0 radical (unpaired) electrons. The van der Waals surface area contributed by atoms with E-state index < -0.39 is 0 Å². The zero-order valence-electron chi connectivity index (χ0n) is 14.9. The van der Waals surface area contributed by atoms with Crippen LogP contribution in [0.25, 0.3) is 5.52 Å². The fourth-order valence-electron chi connectivity index (χ4n) is 3.60. The van der Waals surface area contributed by atoms with E-state index in [1.54, 1.807) is 27.4 Å².